The molecule has 6 heteroatoms. The third-order valence-corrected chi connectivity index (χ3v) is 17.8. The summed E-state index contributed by atoms with van der Waals surface area (Å²) in [6.07, 6.45) is 0. The summed E-state index contributed by atoms with van der Waals surface area (Å²) in [5.41, 5.74) is 10.4. The van der Waals surface area contributed by atoms with E-state index in [-0.39, 0.29) is 0 Å². The first-order chi connectivity index (χ1) is 45.6. The molecule has 2 heterocycles. The highest BCUT2D eigenvalue weighted by molar-refractivity contribution is 6.27. The van der Waals surface area contributed by atoms with Gasteiger partial charge >= 0.3 is 0 Å². The van der Waals surface area contributed by atoms with Crippen molar-refractivity contribution in [2.75, 3.05) is 0 Å². The molecule has 16 aromatic carbocycles. The molecule has 18 aromatic rings. The molecule has 0 radical (unpaired) electrons. The number of hydrogen-bond acceptors (Lipinski definition) is 6. The number of hydrogen-bond donors (Lipinski definition) is 0. The Labute approximate surface area is 531 Å². The van der Waals surface area contributed by atoms with Gasteiger partial charge in [-0.1, -0.05) is 322 Å². The van der Waals surface area contributed by atoms with Gasteiger partial charge in [0, 0.05) is 33.4 Å². The average Bonchev–Trinajstić information content (AvgIpc) is 0.759. The number of nitrogens with zero attached hydrogens (tertiary/aromatic N) is 6. The van der Waals surface area contributed by atoms with Crippen molar-refractivity contribution < 1.29 is 0 Å². The van der Waals surface area contributed by atoms with E-state index in [1.54, 1.807) is 0 Å². The second-order valence-corrected chi connectivity index (χ2v) is 23.3. The number of rotatable bonds is 8. The van der Waals surface area contributed by atoms with Gasteiger partial charge in [0.05, 0.1) is 0 Å². The summed E-state index contributed by atoms with van der Waals surface area (Å²) >= 11 is 0. The molecule has 428 valence electrons. The molecular formula is C86H54N6. The van der Waals surface area contributed by atoms with Crippen LogP contribution in [0.1, 0.15) is 0 Å². The summed E-state index contributed by atoms with van der Waals surface area (Å²) in [5.74, 6) is 3.95. The van der Waals surface area contributed by atoms with E-state index in [2.05, 4.69) is 206 Å². The quantitative estimate of drug-likeness (QED) is 0.141. The van der Waals surface area contributed by atoms with Gasteiger partial charge in [-0.25, -0.2) is 29.9 Å². The topological polar surface area (TPSA) is 77.3 Å². The van der Waals surface area contributed by atoms with E-state index in [0.717, 1.165) is 44.5 Å². The highest BCUT2D eigenvalue weighted by atomic mass is 15.0. The largest absolute Gasteiger partial charge is 0.208 e. The smallest absolute Gasteiger partial charge is 0.164 e. The lowest BCUT2D eigenvalue weighted by atomic mass is 9.90. The Morgan fingerprint density at radius 3 is 0.837 bits per heavy atom. The fourth-order valence-corrected chi connectivity index (χ4v) is 13.4. The van der Waals surface area contributed by atoms with Gasteiger partial charge in [0.15, 0.2) is 34.9 Å². The molecule has 0 unspecified atom stereocenters. The van der Waals surface area contributed by atoms with Crippen LogP contribution in [0.4, 0.5) is 0 Å². The molecule has 2 aromatic heterocycles. The zero-order valence-corrected chi connectivity index (χ0v) is 49.9. The van der Waals surface area contributed by atoms with Gasteiger partial charge in [0.25, 0.3) is 0 Å². The van der Waals surface area contributed by atoms with E-state index in [9.17, 15) is 0 Å². The van der Waals surface area contributed by atoms with Crippen molar-refractivity contribution in [2.24, 2.45) is 0 Å². The molecule has 92 heavy (non-hydrogen) atoms. The highest BCUT2D eigenvalue weighted by Crippen LogP contribution is 2.42. The van der Waals surface area contributed by atoms with Gasteiger partial charge in [0.1, 0.15) is 0 Å². The van der Waals surface area contributed by atoms with Crippen LogP contribution in [0.3, 0.4) is 0 Å². The molecule has 0 N–H and O–H groups in total. The van der Waals surface area contributed by atoms with Crippen LogP contribution in [0.25, 0.3) is 177 Å². The molecule has 0 amide bonds. The lowest BCUT2D eigenvalue weighted by molar-refractivity contribution is 1.07. The Morgan fingerprint density at radius 2 is 0.413 bits per heavy atom. The van der Waals surface area contributed by atoms with Gasteiger partial charge in [-0.2, -0.15) is 0 Å². The van der Waals surface area contributed by atoms with E-state index in [1.165, 1.54) is 97.3 Å². The van der Waals surface area contributed by atoms with E-state index >= 15 is 0 Å². The van der Waals surface area contributed by atoms with Crippen molar-refractivity contribution in [3.05, 3.63) is 328 Å². The summed E-state index contributed by atoms with van der Waals surface area (Å²) in [7, 11) is 0. The van der Waals surface area contributed by atoms with Gasteiger partial charge in [-0.3, -0.25) is 0 Å². The van der Waals surface area contributed by atoms with Gasteiger partial charge in [-0.05, 0) is 114 Å². The summed E-state index contributed by atoms with van der Waals surface area (Å²) in [4.78, 5) is 29.5. The van der Waals surface area contributed by atoms with E-state index in [0.29, 0.717) is 34.9 Å². The maximum atomic E-state index is 4.97. The Hall–Kier alpha value is -12.4. The first-order valence-corrected chi connectivity index (χ1v) is 31.1. The molecule has 0 atom stereocenters. The second-order valence-electron chi connectivity index (χ2n) is 23.3. The molecule has 6 nitrogen and oxygen atoms in total. The standard InChI is InChI=1S/2C43H27N3/c1-3-12-30(13-4-1)41-44-42(31-14-5-2-6-15-31)46-43(45-41)33-17-9-16-32(27-33)35-19-10-20-38-37(35)25-23-29-22-24-36-34-18-8-7-11-28(34)21-26-39(36)40(29)38;1-3-11-31(12-4-1)41-44-42(32-13-5-2-6-14-32)46-43(45-41)33-20-18-29(19-21-33)35-16-9-17-38-36(35)25-23-30-24-26-37-34-15-8-7-10-28(34)22-27-39(37)40(30)38/h2*1-27H. The maximum absolute atomic E-state index is 4.97. The van der Waals surface area contributed by atoms with Gasteiger partial charge in [0.2, 0.25) is 0 Å². The predicted molar refractivity (Wildman–Crippen MR) is 383 cm³/mol. The Bertz CT molecular complexity index is 5740. The minimum absolute atomic E-state index is 0.651. The molecular weight excluding hydrogens is 1120 g/mol. The molecule has 0 bridgehead atoms. The van der Waals surface area contributed by atoms with E-state index < -0.39 is 0 Å². The SMILES string of the molecule is c1ccc(-c2nc(-c3ccccc3)nc(-c3ccc(-c4cccc5c4ccc4ccc6c7ccccc7ccc6c45)cc3)n2)cc1.c1ccc(-c2nc(-c3ccccc3)nc(-c3cccc(-c4cccc5c4ccc4ccc6c7ccccc7ccc6c45)c3)n2)cc1. The van der Waals surface area contributed by atoms with Gasteiger partial charge in [-0.15, -0.1) is 0 Å². The Morgan fingerprint density at radius 1 is 0.141 bits per heavy atom. The summed E-state index contributed by atoms with van der Waals surface area (Å²) in [5, 5.41) is 20.3. The van der Waals surface area contributed by atoms with Crippen molar-refractivity contribution in [3.8, 4) is 90.6 Å². The van der Waals surface area contributed by atoms with Crippen LogP contribution in [-0.2, 0) is 0 Å². The van der Waals surface area contributed by atoms with Crippen molar-refractivity contribution >= 4 is 86.2 Å². The lowest BCUT2D eigenvalue weighted by Crippen LogP contribution is -2.00. The highest BCUT2D eigenvalue weighted by Gasteiger charge is 2.18. The zero-order chi connectivity index (χ0) is 60.9. The molecule has 0 spiro atoms. The number of aromatic nitrogens is 6. The number of benzene rings is 16. The fourth-order valence-electron chi connectivity index (χ4n) is 13.4. The molecule has 0 fully saturated rings. The monoisotopic (exact) mass is 1170 g/mol. The molecule has 0 saturated carbocycles. The van der Waals surface area contributed by atoms with Crippen LogP contribution in [-0.4, -0.2) is 29.9 Å². The average molecular weight is 1170 g/mol. The van der Waals surface area contributed by atoms with Gasteiger partial charge < -0.3 is 0 Å². The van der Waals surface area contributed by atoms with Crippen LogP contribution in [0.5, 0.6) is 0 Å². The minimum atomic E-state index is 0.651. The summed E-state index contributed by atoms with van der Waals surface area (Å²) in [6.45, 7) is 0. The van der Waals surface area contributed by atoms with Crippen LogP contribution >= 0.6 is 0 Å². The number of fused-ring (bicyclic) bond motifs is 14. The first-order valence-electron chi connectivity index (χ1n) is 31.1. The van der Waals surface area contributed by atoms with Crippen LogP contribution in [0.2, 0.25) is 0 Å². The van der Waals surface area contributed by atoms with Crippen LogP contribution in [0.15, 0.2) is 328 Å². The Kier molecular flexibility index (Phi) is 13.4. The van der Waals surface area contributed by atoms with Crippen molar-refractivity contribution in [2.45, 2.75) is 0 Å². The maximum Gasteiger partial charge on any atom is 0.164 e. The van der Waals surface area contributed by atoms with Crippen LogP contribution in [0, 0.1) is 0 Å². The third kappa shape index (κ3) is 9.80. The molecule has 0 aliphatic rings. The normalized spacial score (nSPS) is 11.5. The molecule has 0 saturated heterocycles. The first kappa shape index (κ1) is 53.8. The predicted octanol–water partition coefficient (Wildman–Crippen LogP) is 22.3. The lowest BCUT2D eigenvalue weighted by Gasteiger charge is -2.14. The second kappa shape index (κ2) is 23.0. The minimum Gasteiger partial charge on any atom is -0.208 e. The van der Waals surface area contributed by atoms with Crippen molar-refractivity contribution in [3.63, 3.8) is 0 Å². The van der Waals surface area contributed by atoms with E-state index in [1.807, 2.05) is 121 Å². The van der Waals surface area contributed by atoms with Crippen molar-refractivity contribution in [1.29, 1.82) is 0 Å². The van der Waals surface area contributed by atoms with Crippen LogP contribution < -0.4 is 0 Å². The molecule has 18 rings (SSSR count). The fraction of sp³-hybridized carbons (Fsp3) is 0. The molecule has 0 aliphatic heterocycles. The van der Waals surface area contributed by atoms with E-state index in [4.69, 9.17) is 29.9 Å². The third-order valence-electron chi connectivity index (χ3n) is 17.8. The summed E-state index contributed by atoms with van der Waals surface area (Å²) in [6, 6.07) is 115. The van der Waals surface area contributed by atoms with Crippen molar-refractivity contribution in [1.82, 2.24) is 29.9 Å². The summed E-state index contributed by atoms with van der Waals surface area (Å²) < 4.78 is 0. The molecule has 0 aliphatic carbocycles. The Balaban J connectivity index is 0.000000141. The zero-order valence-electron chi connectivity index (χ0n) is 49.9.